The van der Waals surface area contributed by atoms with Gasteiger partial charge in [0.1, 0.15) is 11.6 Å². The molecule has 0 bridgehead atoms. The molecule has 0 spiro atoms. The van der Waals surface area contributed by atoms with E-state index in [1.807, 2.05) is 0 Å². The van der Waals surface area contributed by atoms with Gasteiger partial charge in [0.05, 0.1) is 32.8 Å². The molecule has 6 nitrogen and oxygen atoms in total. The zero-order valence-electron chi connectivity index (χ0n) is 18.7. The number of ketones is 1. The predicted molar refractivity (Wildman–Crippen MR) is 117 cm³/mol. The topological polar surface area (TPSA) is 74.1 Å². The third-order valence-electron chi connectivity index (χ3n) is 6.00. The number of benzene rings is 2. The number of amides is 1. The fourth-order valence-corrected chi connectivity index (χ4v) is 4.09. The number of likely N-dealkylation sites (tertiary alicyclic amines) is 1. The Morgan fingerprint density at radius 3 is 2.25 bits per heavy atom. The Hall–Kier alpha value is -3.19. The molecular formula is C25H29FN2O4. The summed E-state index contributed by atoms with van der Waals surface area (Å²) < 4.78 is 18.7. The van der Waals surface area contributed by atoms with Crippen LogP contribution in [0.25, 0.3) is 5.76 Å². The molecule has 0 aliphatic carbocycles. The number of methoxy groups -OCH3 is 1. The summed E-state index contributed by atoms with van der Waals surface area (Å²) in [4.78, 5) is 28.7. The number of nitrogens with zero attached hydrogens (tertiary/aromatic N) is 1. The molecule has 1 heterocycles. The highest BCUT2D eigenvalue weighted by atomic mass is 19.1. The van der Waals surface area contributed by atoms with Crippen molar-refractivity contribution in [2.24, 2.45) is 0 Å². The zero-order valence-corrected chi connectivity index (χ0v) is 18.7. The van der Waals surface area contributed by atoms with Crippen LogP contribution in [0.3, 0.4) is 0 Å². The summed E-state index contributed by atoms with van der Waals surface area (Å²) in [5.74, 6) is -1.83. The molecule has 170 valence electrons. The Kier molecular flexibility index (Phi) is 7.64. The van der Waals surface area contributed by atoms with Crippen LogP contribution in [0.1, 0.15) is 37.4 Å². The number of Topliss-reactive ketones (excluding diaryl/α,β-unsaturated/α-hetero) is 1. The number of carbonyl (C=O) groups excluding carboxylic acids is 2. The molecule has 1 amide bonds. The fourth-order valence-electron chi connectivity index (χ4n) is 4.09. The molecule has 1 fully saturated rings. The molecule has 1 N–H and O–H groups in total. The number of hydrogen-bond donors (Lipinski definition) is 1. The number of quaternary nitrogens is 1. The van der Waals surface area contributed by atoms with Crippen molar-refractivity contribution in [1.29, 1.82) is 0 Å². The molecule has 0 aromatic heterocycles. The largest absolute Gasteiger partial charge is 0.872 e. The zero-order chi connectivity index (χ0) is 23.3. The Morgan fingerprint density at radius 1 is 1.06 bits per heavy atom. The summed E-state index contributed by atoms with van der Waals surface area (Å²) in [7, 11) is 1.52. The molecule has 1 unspecified atom stereocenters. The minimum atomic E-state index is -0.836. The number of rotatable bonds is 9. The number of hydrogen-bond acceptors (Lipinski definition) is 4. The first-order chi connectivity index (χ1) is 15.4. The monoisotopic (exact) mass is 440 g/mol. The summed E-state index contributed by atoms with van der Waals surface area (Å²) in [5, 5.41) is 13.3. The highest BCUT2D eigenvalue weighted by Crippen LogP contribution is 2.38. The van der Waals surface area contributed by atoms with E-state index in [-0.39, 0.29) is 5.57 Å². The first-order valence-corrected chi connectivity index (χ1v) is 10.9. The van der Waals surface area contributed by atoms with E-state index in [2.05, 4.69) is 13.8 Å². The van der Waals surface area contributed by atoms with E-state index in [0.717, 1.165) is 19.6 Å². The predicted octanol–water partition coefficient (Wildman–Crippen LogP) is 1.37. The van der Waals surface area contributed by atoms with E-state index in [4.69, 9.17) is 4.74 Å². The Balaban J connectivity index is 2.01. The van der Waals surface area contributed by atoms with Gasteiger partial charge in [-0.05, 0) is 49.2 Å². The molecule has 1 saturated heterocycles. The molecule has 1 atom stereocenters. The molecule has 1 aliphatic heterocycles. The molecule has 0 radical (unpaired) electrons. The second-order valence-corrected chi connectivity index (χ2v) is 7.81. The Bertz CT molecular complexity index is 982. The van der Waals surface area contributed by atoms with Gasteiger partial charge in [0.2, 0.25) is 5.78 Å². The summed E-state index contributed by atoms with van der Waals surface area (Å²) >= 11 is 0. The van der Waals surface area contributed by atoms with Gasteiger partial charge in [-0.3, -0.25) is 9.59 Å². The van der Waals surface area contributed by atoms with Crippen LogP contribution >= 0.6 is 0 Å². The van der Waals surface area contributed by atoms with Gasteiger partial charge in [-0.15, -0.1) is 0 Å². The third kappa shape index (κ3) is 4.83. The smallest absolute Gasteiger partial charge is 0.295 e. The first-order valence-electron chi connectivity index (χ1n) is 10.9. The molecule has 2 aromatic rings. The number of ether oxygens (including phenoxy) is 1. The summed E-state index contributed by atoms with van der Waals surface area (Å²) in [5.41, 5.74) is 0.739. The van der Waals surface area contributed by atoms with Gasteiger partial charge in [-0.1, -0.05) is 30.0 Å². The van der Waals surface area contributed by atoms with Gasteiger partial charge in [-0.2, -0.15) is 0 Å². The summed E-state index contributed by atoms with van der Waals surface area (Å²) in [6.45, 7) is 7.34. The summed E-state index contributed by atoms with van der Waals surface area (Å²) in [6, 6.07) is 11.2. The van der Waals surface area contributed by atoms with E-state index in [9.17, 15) is 19.1 Å². The molecule has 2 aromatic carbocycles. The number of halogens is 1. The van der Waals surface area contributed by atoms with Crippen LogP contribution in [0.15, 0.2) is 54.1 Å². The maximum atomic E-state index is 13.5. The van der Waals surface area contributed by atoms with Crippen LogP contribution in [0, 0.1) is 5.82 Å². The SMILES string of the molecule is CC[NH+](CC)CCCN1C(=O)C(=O)C(=C([O-])c2ccc(OC)cc2)C1c1ccc(F)cc1. The lowest BCUT2D eigenvalue weighted by atomic mass is 9.95. The molecule has 0 saturated carbocycles. The summed E-state index contributed by atoms with van der Waals surface area (Å²) in [6.07, 6.45) is 0.692. The second kappa shape index (κ2) is 10.4. The molecule has 32 heavy (non-hydrogen) atoms. The third-order valence-corrected chi connectivity index (χ3v) is 6.00. The van der Waals surface area contributed by atoms with Gasteiger partial charge in [0.25, 0.3) is 5.91 Å². The van der Waals surface area contributed by atoms with Crippen molar-refractivity contribution in [1.82, 2.24) is 4.90 Å². The molecule has 1 aliphatic rings. The first kappa shape index (κ1) is 23.5. The van der Waals surface area contributed by atoms with Gasteiger partial charge in [0, 0.05) is 18.5 Å². The van der Waals surface area contributed by atoms with Gasteiger partial charge >= 0.3 is 0 Å². The van der Waals surface area contributed by atoms with Crippen LogP contribution in [0.4, 0.5) is 4.39 Å². The Morgan fingerprint density at radius 2 is 1.69 bits per heavy atom. The van der Waals surface area contributed by atoms with Crippen molar-refractivity contribution < 1.29 is 28.7 Å². The second-order valence-electron chi connectivity index (χ2n) is 7.81. The van der Waals surface area contributed by atoms with E-state index in [1.54, 1.807) is 24.3 Å². The molecule has 3 rings (SSSR count). The van der Waals surface area contributed by atoms with Gasteiger partial charge < -0.3 is 19.6 Å². The van der Waals surface area contributed by atoms with Gasteiger partial charge in [-0.25, -0.2) is 4.39 Å². The standard InChI is InChI=1S/C25H29FN2O4/c1-4-27(5-2)15-6-16-28-22(17-7-11-19(26)12-8-17)21(24(30)25(28)31)23(29)18-9-13-20(32-3)14-10-18/h7-14,22,29H,4-6,15-16H2,1-3H3. The van der Waals surface area contributed by atoms with Crippen LogP contribution in [0.5, 0.6) is 5.75 Å². The quantitative estimate of drug-likeness (QED) is 0.363. The number of carbonyl (C=O) groups is 2. The van der Waals surface area contributed by atoms with Crippen molar-refractivity contribution in [3.63, 3.8) is 0 Å². The van der Waals surface area contributed by atoms with Crippen molar-refractivity contribution in [2.75, 3.05) is 33.3 Å². The minimum Gasteiger partial charge on any atom is -0.872 e. The van der Waals surface area contributed by atoms with E-state index >= 15 is 0 Å². The van der Waals surface area contributed by atoms with Gasteiger partial charge in [0.15, 0.2) is 0 Å². The minimum absolute atomic E-state index is 0.0954. The maximum absolute atomic E-state index is 13.5. The van der Waals surface area contributed by atoms with Crippen molar-refractivity contribution >= 4 is 17.4 Å². The molecule has 7 heteroatoms. The highest BCUT2D eigenvalue weighted by Gasteiger charge is 2.43. The van der Waals surface area contributed by atoms with Crippen molar-refractivity contribution in [2.45, 2.75) is 26.3 Å². The van der Waals surface area contributed by atoms with E-state index in [0.29, 0.717) is 29.8 Å². The lowest BCUT2D eigenvalue weighted by Gasteiger charge is -2.28. The fraction of sp³-hybridized carbons (Fsp3) is 0.360. The average molecular weight is 441 g/mol. The van der Waals surface area contributed by atoms with Crippen LogP contribution in [-0.2, 0) is 9.59 Å². The number of nitrogens with one attached hydrogen (secondary N) is 1. The van der Waals surface area contributed by atoms with Crippen molar-refractivity contribution in [3.05, 3.63) is 71.0 Å². The lowest BCUT2D eigenvalue weighted by molar-refractivity contribution is -0.896. The van der Waals surface area contributed by atoms with Crippen LogP contribution in [0.2, 0.25) is 0 Å². The average Bonchev–Trinajstić information content (AvgIpc) is 3.07. The highest BCUT2D eigenvalue weighted by molar-refractivity contribution is 6.46. The maximum Gasteiger partial charge on any atom is 0.295 e. The normalized spacial score (nSPS) is 17.9. The van der Waals surface area contributed by atoms with Crippen molar-refractivity contribution in [3.8, 4) is 5.75 Å². The lowest BCUT2D eigenvalue weighted by Crippen LogP contribution is -3.11. The van der Waals surface area contributed by atoms with E-state index < -0.39 is 29.3 Å². The Labute approximate surface area is 187 Å². The molecular weight excluding hydrogens is 411 g/mol. The van der Waals surface area contributed by atoms with E-state index in [1.165, 1.54) is 41.2 Å². The van der Waals surface area contributed by atoms with Crippen LogP contribution in [-0.4, -0.2) is 49.9 Å². The van der Waals surface area contributed by atoms with Crippen LogP contribution < -0.4 is 14.7 Å².